The van der Waals surface area contributed by atoms with Crippen molar-refractivity contribution < 1.29 is 4.74 Å². The van der Waals surface area contributed by atoms with Crippen molar-refractivity contribution in [2.24, 2.45) is 5.10 Å². The molecule has 0 aliphatic heterocycles. The molecule has 0 aromatic heterocycles. The van der Waals surface area contributed by atoms with Gasteiger partial charge in [-0.25, -0.2) is 0 Å². The molecule has 98 valence electrons. The highest BCUT2D eigenvalue weighted by atomic mass is 32.1. The fourth-order valence-corrected chi connectivity index (χ4v) is 1.52. The second-order valence-electron chi connectivity index (χ2n) is 3.98. The topological polar surface area (TPSA) is 45.6 Å². The summed E-state index contributed by atoms with van der Waals surface area (Å²) in [6.07, 6.45) is 1.77. The van der Waals surface area contributed by atoms with Gasteiger partial charge in [0.05, 0.1) is 12.8 Å². The number of benzene rings is 1. The Bertz CT molecular complexity index is 432. The number of aryl methyl sites for hydroxylation is 2. The zero-order valence-electron chi connectivity index (χ0n) is 11.0. The summed E-state index contributed by atoms with van der Waals surface area (Å²) in [5.74, 6) is 0. The highest BCUT2D eigenvalue weighted by Gasteiger charge is 1.95. The summed E-state index contributed by atoms with van der Waals surface area (Å²) in [5, 5.41) is 7.57. The van der Waals surface area contributed by atoms with Crippen molar-refractivity contribution in [2.75, 3.05) is 20.3 Å². The van der Waals surface area contributed by atoms with Gasteiger partial charge in [0, 0.05) is 13.7 Å². The van der Waals surface area contributed by atoms with Gasteiger partial charge in [-0.15, -0.1) is 0 Å². The van der Waals surface area contributed by atoms with Gasteiger partial charge >= 0.3 is 0 Å². The molecule has 0 fully saturated rings. The van der Waals surface area contributed by atoms with Gasteiger partial charge in [-0.3, -0.25) is 5.43 Å². The van der Waals surface area contributed by atoms with Gasteiger partial charge in [-0.05, 0) is 37.2 Å². The summed E-state index contributed by atoms with van der Waals surface area (Å²) in [4.78, 5) is 0. The fraction of sp³-hybridized carbons (Fsp3) is 0.385. The minimum Gasteiger partial charge on any atom is -0.383 e. The number of methoxy groups -OCH3 is 1. The minimum atomic E-state index is 0.494. The second-order valence-corrected chi connectivity index (χ2v) is 4.39. The third-order valence-electron chi connectivity index (χ3n) is 2.40. The van der Waals surface area contributed by atoms with Crippen LogP contribution in [0.15, 0.2) is 23.3 Å². The molecule has 0 aliphatic rings. The summed E-state index contributed by atoms with van der Waals surface area (Å²) in [6, 6.07) is 6.24. The SMILES string of the molecule is COCCNC(=S)N/N=C\c1cc(C)ccc1C. The average Bonchev–Trinajstić information content (AvgIpc) is 2.34. The molecule has 0 radical (unpaired) electrons. The third-order valence-corrected chi connectivity index (χ3v) is 2.63. The Morgan fingerprint density at radius 3 is 2.94 bits per heavy atom. The molecule has 0 atom stereocenters. The summed E-state index contributed by atoms with van der Waals surface area (Å²) >= 11 is 5.05. The smallest absolute Gasteiger partial charge is 0.187 e. The lowest BCUT2D eigenvalue weighted by atomic mass is 10.1. The monoisotopic (exact) mass is 265 g/mol. The molecule has 0 amide bonds. The molecular formula is C13H19N3OS. The molecule has 0 bridgehead atoms. The van der Waals surface area contributed by atoms with Crippen LogP contribution in [0.25, 0.3) is 0 Å². The lowest BCUT2D eigenvalue weighted by Gasteiger charge is -2.06. The summed E-state index contributed by atoms with van der Waals surface area (Å²) in [5.41, 5.74) is 6.25. The van der Waals surface area contributed by atoms with Crippen LogP contribution in [0.5, 0.6) is 0 Å². The maximum Gasteiger partial charge on any atom is 0.187 e. The van der Waals surface area contributed by atoms with E-state index in [4.69, 9.17) is 17.0 Å². The molecule has 0 aliphatic carbocycles. The van der Waals surface area contributed by atoms with Gasteiger partial charge in [-0.1, -0.05) is 23.8 Å². The first-order valence-electron chi connectivity index (χ1n) is 5.76. The number of hydrogen-bond acceptors (Lipinski definition) is 3. The third kappa shape index (κ3) is 5.25. The Balaban J connectivity index is 2.44. The van der Waals surface area contributed by atoms with Gasteiger partial charge in [0.15, 0.2) is 5.11 Å². The quantitative estimate of drug-likeness (QED) is 0.368. The number of hydrogen-bond donors (Lipinski definition) is 2. The Morgan fingerprint density at radius 2 is 2.22 bits per heavy atom. The number of nitrogens with one attached hydrogen (secondary N) is 2. The molecule has 4 nitrogen and oxygen atoms in total. The first-order chi connectivity index (χ1) is 8.63. The molecule has 0 heterocycles. The van der Waals surface area contributed by atoms with Crippen LogP contribution in [0.1, 0.15) is 16.7 Å². The summed E-state index contributed by atoms with van der Waals surface area (Å²) in [6.45, 7) is 5.39. The van der Waals surface area contributed by atoms with Gasteiger partial charge in [0.1, 0.15) is 0 Å². The van der Waals surface area contributed by atoms with E-state index in [9.17, 15) is 0 Å². The van der Waals surface area contributed by atoms with Crippen LogP contribution in [-0.4, -0.2) is 31.6 Å². The molecule has 5 heteroatoms. The van der Waals surface area contributed by atoms with E-state index in [2.05, 4.69) is 47.9 Å². The zero-order chi connectivity index (χ0) is 13.4. The molecule has 2 N–H and O–H groups in total. The van der Waals surface area contributed by atoms with E-state index in [0.717, 1.165) is 5.56 Å². The van der Waals surface area contributed by atoms with Crippen LogP contribution in [-0.2, 0) is 4.74 Å². The van der Waals surface area contributed by atoms with Crippen molar-refractivity contribution in [3.63, 3.8) is 0 Å². The lowest BCUT2D eigenvalue weighted by molar-refractivity contribution is 0.204. The van der Waals surface area contributed by atoms with Crippen LogP contribution in [0.2, 0.25) is 0 Å². The van der Waals surface area contributed by atoms with Crippen molar-refractivity contribution in [1.29, 1.82) is 0 Å². The fourth-order valence-electron chi connectivity index (χ4n) is 1.37. The molecule has 0 spiro atoms. The van der Waals surface area contributed by atoms with E-state index < -0.39 is 0 Å². The zero-order valence-corrected chi connectivity index (χ0v) is 11.8. The van der Waals surface area contributed by atoms with Crippen LogP contribution in [0, 0.1) is 13.8 Å². The Morgan fingerprint density at radius 1 is 1.44 bits per heavy atom. The molecule has 1 aromatic carbocycles. The molecular weight excluding hydrogens is 246 g/mol. The first kappa shape index (κ1) is 14.6. The summed E-state index contributed by atoms with van der Waals surface area (Å²) in [7, 11) is 1.65. The normalized spacial score (nSPS) is 10.6. The Hall–Kier alpha value is -1.46. The molecule has 0 unspecified atom stereocenters. The van der Waals surface area contributed by atoms with E-state index in [1.165, 1.54) is 11.1 Å². The van der Waals surface area contributed by atoms with E-state index >= 15 is 0 Å². The highest BCUT2D eigenvalue weighted by Crippen LogP contribution is 2.07. The van der Waals surface area contributed by atoms with Gasteiger partial charge in [0.2, 0.25) is 0 Å². The maximum atomic E-state index is 5.05. The molecule has 0 saturated carbocycles. The van der Waals surface area contributed by atoms with Gasteiger partial charge in [0.25, 0.3) is 0 Å². The van der Waals surface area contributed by atoms with Gasteiger partial charge in [-0.2, -0.15) is 5.10 Å². The van der Waals surface area contributed by atoms with Crippen LogP contribution < -0.4 is 10.7 Å². The number of rotatable bonds is 5. The lowest BCUT2D eigenvalue weighted by Crippen LogP contribution is -2.34. The van der Waals surface area contributed by atoms with Crippen molar-refractivity contribution in [3.05, 3.63) is 34.9 Å². The Labute approximate surface area is 113 Å². The van der Waals surface area contributed by atoms with Crippen LogP contribution in [0.3, 0.4) is 0 Å². The Kier molecular flexibility index (Phi) is 6.32. The molecule has 0 saturated heterocycles. The van der Waals surface area contributed by atoms with Crippen molar-refractivity contribution in [1.82, 2.24) is 10.7 Å². The minimum absolute atomic E-state index is 0.494. The molecule has 1 aromatic rings. The average molecular weight is 265 g/mol. The van der Waals surface area contributed by atoms with E-state index in [0.29, 0.717) is 18.3 Å². The molecule has 18 heavy (non-hydrogen) atoms. The standard InChI is InChI=1S/C13H19N3OS/c1-10-4-5-11(2)12(8-10)9-15-16-13(18)14-6-7-17-3/h4-5,8-9H,6-7H2,1-3H3,(H2,14,16,18)/b15-9-. The van der Waals surface area contributed by atoms with E-state index in [1.807, 2.05) is 0 Å². The van der Waals surface area contributed by atoms with Crippen LogP contribution in [0.4, 0.5) is 0 Å². The van der Waals surface area contributed by atoms with Crippen molar-refractivity contribution in [3.8, 4) is 0 Å². The molecule has 1 rings (SSSR count). The van der Waals surface area contributed by atoms with E-state index in [-0.39, 0.29) is 0 Å². The second kappa shape index (κ2) is 7.79. The summed E-state index contributed by atoms with van der Waals surface area (Å²) < 4.78 is 4.91. The number of ether oxygens (including phenoxy) is 1. The predicted octanol–water partition coefficient (Wildman–Crippen LogP) is 1.75. The number of thiocarbonyl (C=S) groups is 1. The number of nitrogens with zero attached hydrogens (tertiary/aromatic N) is 1. The van der Waals surface area contributed by atoms with Crippen molar-refractivity contribution in [2.45, 2.75) is 13.8 Å². The first-order valence-corrected chi connectivity index (χ1v) is 6.17. The largest absolute Gasteiger partial charge is 0.383 e. The predicted molar refractivity (Wildman–Crippen MR) is 79.1 cm³/mol. The highest BCUT2D eigenvalue weighted by molar-refractivity contribution is 7.80. The van der Waals surface area contributed by atoms with Crippen LogP contribution >= 0.6 is 12.2 Å². The van der Waals surface area contributed by atoms with Crippen molar-refractivity contribution >= 4 is 23.5 Å². The number of hydrazone groups is 1. The van der Waals surface area contributed by atoms with Gasteiger partial charge < -0.3 is 10.1 Å². The van der Waals surface area contributed by atoms with E-state index in [1.54, 1.807) is 13.3 Å². The maximum absolute atomic E-state index is 5.05.